The van der Waals surface area contributed by atoms with Crippen molar-refractivity contribution in [2.45, 2.75) is 70.4 Å². The van der Waals surface area contributed by atoms with E-state index in [9.17, 15) is 10.2 Å². The molecule has 2 aliphatic carbocycles. The highest BCUT2D eigenvalue weighted by molar-refractivity contribution is 5.55. The van der Waals surface area contributed by atoms with Gasteiger partial charge in [0.05, 0.1) is 6.10 Å². The van der Waals surface area contributed by atoms with Crippen molar-refractivity contribution in [3.8, 4) is 11.5 Å². The minimum absolute atomic E-state index is 0.00590. The second-order valence-corrected chi connectivity index (χ2v) is 9.27. The van der Waals surface area contributed by atoms with Crippen molar-refractivity contribution in [1.82, 2.24) is 4.90 Å². The van der Waals surface area contributed by atoms with Gasteiger partial charge in [-0.1, -0.05) is 19.1 Å². The third-order valence-corrected chi connectivity index (χ3v) is 7.67. The van der Waals surface area contributed by atoms with Crippen LogP contribution in [-0.2, 0) is 16.6 Å². The van der Waals surface area contributed by atoms with Crippen LogP contribution in [0, 0.1) is 11.8 Å². The molecular formula is C24H35NO3. The van der Waals surface area contributed by atoms with Crippen LogP contribution in [0.5, 0.6) is 11.5 Å². The van der Waals surface area contributed by atoms with E-state index in [4.69, 9.17) is 4.74 Å². The minimum atomic E-state index is -0.201. The lowest BCUT2D eigenvalue weighted by Gasteiger charge is -2.55. The number of benzene rings is 1. The fraction of sp³-hybridized carbons (Fsp3) is 0.667. The third kappa shape index (κ3) is 3.15. The first-order valence-corrected chi connectivity index (χ1v) is 10.9. The Morgan fingerprint density at radius 3 is 2.64 bits per heavy atom. The number of fused-ring (bicyclic) bond motifs is 1. The highest BCUT2D eigenvalue weighted by Crippen LogP contribution is 2.55. The Hall–Kier alpha value is -1.52. The number of phenolic OH excluding ortho intramolecular Hbond substituents is 2. The Kier molecular flexibility index (Phi) is 5.22. The molecule has 1 saturated carbocycles. The van der Waals surface area contributed by atoms with Gasteiger partial charge in [0.25, 0.3) is 0 Å². The monoisotopic (exact) mass is 385 g/mol. The molecule has 0 aromatic heterocycles. The van der Waals surface area contributed by atoms with Gasteiger partial charge in [-0.3, -0.25) is 4.90 Å². The summed E-state index contributed by atoms with van der Waals surface area (Å²) in [6.45, 7) is 8.89. The number of rotatable bonds is 5. The average Bonchev–Trinajstić information content (AvgIpc) is 3.50. The van der Waals surface area contributed by atoms with Crippen LogP contribution >= 0.6 is 0 Å². The summed E-state index contributed by atoms with van der Waals surface area (Å²) in [7, 11) is 1.78. The lowest BCUT2D eigenvalue weighted by atomic mass is 9.56. The number of piperidine rings is 1. The van der Waals surface area contributed by atoms with Gasteiger partial charge in [0.1, 0.15) is 0 Å². The zero-order valence-electron chi connectivity index (χ0n) is 17.7. The van der Waals surface area contributed by atoms with Gasteiger partial charge in [-0.05, 0) is 75.6 Å². The number of hydrogen-bond donors (Lipinski definition) is 2. The highest BCUT2D eigenvalue weighted by Gasteiger charge is 2.53. The maximum Gasteiger partial charge on any atom is 0.161 e. The second kappa shape index (κ2) is 7.38. The van der Waals surface area contributed by atoms with Crippen LogP contribution in [0.3, 0.4) is 0 Å². The fourth-order valence-corrected chi connectivity index (χ4v) is 5.85. The molecule has 4 nitrogen and oxygen atoms in total. The predicted octanol–water partition coefficient (Wildman–Crippen LogP) is 4.38. The van der Waals surface area contributed by atoms with Crippen LogP contribution in [-0.4, -0.2) is 47.5 Å². The molecule has 0 bridgehead atoms. The van der Waals surface area contributed by atoms with Crippen molar-refractivity contribution in [3.05, 3.63) is 34.9 Å². The Labute approximate surface area is 169 Å². The van der Waals surface area contributed by atoms with E-state index in [0.717, 1.165) is 42.9 Å². The molecule has 3 aliphatic rings. The number of phenols is 2. The van der Waals surface area contributed by atoms with Crippen LogP contribution in [0.25, 0.3) is 0 Å². The van der Waals surface area contributed by atoms with Crippen LogP contribution in [0.4, 0.5) is 0 Å². The molecule has 1 heterocycles. The number of aromatic hydroxyl groups is 2. The molecule has 1 saturated heterocycles. The van der Waals surface area contributed by atoms with Crippen molar-refractivity contribution < 1.29 is 14.9 Å². The van der Waals surface area contributed by atoms with Gasteiger partial charge in [-0.15, -0.1) is 0 Å². The average molecular weight is 386 g/mol. The van der Waals surface area contributed by atoms with Crippen LogP contribution in [0.2, 0.25) is 0 Å². The van der Waals surface area contributed by atoms with Crippen molar-refractivity contribution in [2.75, 3.05) is 20.2 Å². The Balaban J connectivity index is 1.83. The summed E-state index contributed by atoms with van der Waals surface area (Å²) in [5.74, 6) is 1.25. The van der Waals surface area contributed by atoms with Crippen molar-refractivity contribution >= 4 is 0 Å². The van der Waals surface area contributed by atoms with Crippen LogP contribution in [0.15, 0.2) is 23.8 Å². The second-order valence-electron chi connectivity index (χ2n) is 9.27. The molecule has 4 atom stereocenters. The molecule has 1 aromatic carbocycles. The number of methoxy groups -OCH3 is 1. The standard InChI is InChI=1S/C24H35NO3/c1-5-18-8-9-20(26)23(27)22(18)24-10-11-25(14-17-6-7-17)16(3)19(24)12-15(2)21(13-24)28-4/h8-9,12,16-17,19,21,26-27H,5-7,10-11,13-14H2,1-4H3. The molecule has 4 rings (SSSR count). The summed E-state index contributed by atoms with van der Waals surface area (Å²) in [6.07, 6.45) is 7.90. The van der Waals surface area contributed by atoms with Gasteiger partial charge >= 0.3 is 0 Å². The first-order valence-electron chi connectivity index (χ1n) is 10.9. The van der Waals surface area contributed by atoms with E-state index in [0.29, 0.717) is 12.0 Å². The summed E-state index contributed by atoms with van der Waals surface area (Å²) < 4.78 is 5.85. The zero-order valence-corrected chi connectivity index (χ0v) is 17.7. The van der Waals surface area contributed by atoms with E-state index in [1.165, 1.54) is 25.0 Å². The third-order valence-electron chi connectivity index (χ3n) is 7.67. The van der Waals surface area contributed by atoms with E-state index in [2.05, 4.69) is 31.7 Å². The van der Waals surface area contributed by atoms with Crippen molar-refractivity contribution in [3.63, 3.8) is 0 Å². The number of aryl methyl sites for hydroxylation is 1. The van der Waals surface area contributed by atoms with Gasteiger partial charge in [0, 0.05) is 36.6 Å². The van der Waals surface area contributed by atoms with E-state index in [1.54, 1.807) is 13.2 Å². The van der Waals surface area contributed by atoms with Crippen molar-refractivity contribution in [2.24, 2.45) is 11.8 Å². The summed E-state index contributed by atoms with van der Waals surface area (Å²) in [5.41, 5.74) is 3.20. The topological polar surface area (TPSA) is 52.9 Å². The van der Waals surface area contributed by atoms with Gasteiger partial charge in [0.2, 0.25) is 0 Å². The summed E-state index contributed by atoms with van der Waals surface area (Å²) in [6, 6.07) is 4.03. The highest BCUT2D eigenvalue weighted by atomic mass is 16.5. The van der Waals surface area contributed by atoms with E-state index >= 15 is 0 Å². The fourth-order valence-electron chi connectivity index (χ4n) is 5.85. The molecule has 154 valence electrons. The number of hydrogen-bond acceptors (Lipinski definition) is 4. The molecule has 2 N–H and O–H groups in total. The van der Waals surface area contributed by atoms with E-state index in [1.807, 2.05) is 6.07 Å². The van der Waals surface area contributed by atoms with Gasteiger partial charge in [0.15, 0.2) is 11.5 Å². The Morgan fingerprint density at radius 1 is 1.25 bits per heavy atom. The molecule has 0 amide bonds. The number of nitrogens with zero attached hydrogens (tertiary/aromatic N) is 1. The normalized spacial score (nSPS) is 33.4. The molecule has 4 unspecified atom stereocenters. The van der Waals surface area contributed by atoms with Gasteiger partial charge in [-0.25, -0.2) is 0 Å². The largest absolute Gasteiger partial charge is 0.504 e. The SMILES string of the molecule is CCc1ccc(O)c(O)c1C12CCN(CC3CC3)C(C)C1C=C(C)C(OC)C2. The molecular weight excluding hydrogens is 350 g/mol. The summed E-state index contributed by atoms with van der Waals surface area (Å²) in [4.78, 5) is 2.66. The molecule has 1 aromatic rings. The quantitative estimate of drug-likeness (QED) is 0.583. The van der Waals surface area contributed by atoms with Gasteiger partial charge < -0.3 is 14.9 Å². The Bertz CT molecular complexity index is 769. The lowest BCUT2D eigenvalue weighted by molar-refractivity contribution is 0.00526. The zero-order chi connectivity index (χ0) is 20.1. The van der Waals surface area contributed by atoms with E-state index in [-0.39, 0.29) is 23.0 Å². The van der Waals surface area contributed by atoms with Crippen molar-refractivity contribution in [1.29, 1.82) is 0 Å². The van der Waals surface area contributed by atoms with Crippen LogP contribution in [0.1, 0.15) is 57.6 Å². The summed E-state index contributed by atoms with van der Waals surface area (Å²) in [5, 5.41) is 21.4. The first kappa shape index (κ1) is 19.8. The maximum atomic E-state index is 11.0. The number of likely N-dealkylation sites (tertiary alicyclic amines) is 1. The summed E-state index contributed by atoms with van der Waals surface area (Å²) >= 11 is 0. The van der Waals surface area contributed by atoms with Gasteiger partial charge in [-0.2, -0.15) is 0 Å². The molecule has 4 heteroatoms. The smallest absolute Gasteiger partial charge is 0.161 e. The molecule has 0 radical (unpaired) electrons. The lowest BCUT2D eigenvalue weighted by Crippen LogP contribution is -2.57. The minimum Gasteiger partial charge on any atom is -0.504 e. The number of ether oxygens (including phenoxy) is 1. The Morgan fingerprint density at radius 2 is 2.00 bits per heavy atom. The first-order chi connectivity index (χ1) is 13.4. The molecule has 28 heavy (non-hydrogen) atoms. The van der Waals surface area contributed by atoms with Crippen LogP contribution < -0.4 is 0 Å². The molecule has 0 spiro atoms. The predicted molar refractivity (Wildman–Crippen MR) is 112 cm³/mol. The molecule has 1 aliphatic heterocycles. The molecule has 2 fully saturated rings. The maximum absolute atomic E-state index is 11.0. The van der Waals surface area contributed by atoms with E-state index < -0.39 is 0 Å².